The summed E-state index contributed by atoms with van der Waals surface area (Å²) >= 11 is 0. The van der Waals surface area contributed by atoms with Gasteiger partial charge in [-0.05, 0) is 30.2 Å². The molecule has 1 heterocycles. The van der Waals surface area contributed by atoms with Gasteiger partial charge in [0.25, 0.3) is 0 Å². The van der Waals surface area contributed by atoms with Crippen molar-refractivity contribution in [1.82, 2.24) is 15.0 Å². The van der Waals surface area contributed by atoms with Crippen molar-refractivity contribution in [3.8, 4) is 34.3 Å². The number of nitro groups is 1. The Hall–Kier alpha value is -3.82. The van der Waals surface area contributed by atoms with Crippen molar-refractivity contribution < 1.29 is 25.3 Å². The van der Waals surface area contributed by atoms with Crippen LogP contribution >= 0.6 is 0 Å². The van der Waals surface area contributed by atoms with Crippen LogP contribution in [0.25, 0.3) is 11.3 Å². The second-order valence-electron chi connectivity index (χ2n) is 5.56. The molecule has 26 heavy (non-hydrogen) atoms. The Labute approximate surface area is 146 Å². The van der Waals surface area contributed by atoms with Gasteiger partial charge in [0.2, 0.25) is 5.75 Å². The highest BCUT2D eigenvalue weighted by molar-refractivity contribution is 5.69. The average molecular weight is 358 g/mol. The molecule has 1 aromatic heterocycles. The Kier molecular flexibility index (Phi) is 4.31. The number of aromatic nitrogens is 3. The van der Waals surface area contributed by atoms with Crippen LogP contribution in [0.1, 0.15) is 5.56 Å². The van der Waals surface area contributed by atoms with Gasteiger partial charge in [0.05, 0.1) is 11.1 Å². The number of aromatic hydroxyl groups is 4. The first-order valence-electron chi connectivity index (χ1n) is 7.47. The summed E-state index contributed by atoms with van der Waals surface area (Å²) in [5.41, 5.74) is 0.668. The number of benzene rings is 2. The van der Waals surface area contributed by atoms with Gasteiger partial charge in [0.15, 0.2) is 17.2 Å². The first-order valence-corrected chi connectivity index (χ1v) is 7.47. The van der Waals surface area contributed by atoms with Crippen molar-refractivity contribution in [2.24, 2.45) is 0 Å². The van der Waals surface area contributed by atoms with Crippen LogP contribution in [0, 0.1) is 10.1 Å². The minimum Gasteiger partial charge on any atom is -0.504 e. The largest absolute Gasteiger partial charge is 0.504 e. The molecule has 0 amide bonds. The average Bonchev–Trinajstić information content (AvgIpc) is 3.07. The number of phenolic OH excluding ortho intramolecular Hbond substituents is 4. The van der Waals surface area contributed by atoms with Crippen molar-refractivity contribution in [2.75, 3.05) is 0 Å². The van der Waals surface area contributed by atoms with Crippen molar-refractivity contribution in [3.63, 3.8) is 0 Å². The fraction of sp³-hybridized carbons (Fsp3) is 0.125. The lowest BCUT2D eigenvalue weighted by Crippen LogP contribution is -2.01. The lowest BCUT2D eigenvalue weighted by Gasteiger charge is -2.04. The summed E-state index contributed by atoms with van der Waals surface area (Å²) in [5.74, 6) is -1.85. The molecule has 0 aliphatic heterocycles. The van der Waals surface area contributed by atoms with Gasteiger partial charge < -0.3 is 20.4 Å². The third kappa shape index (κ3) is 3.34. The Morgan fingerprint density at radius 1 is 1.04 bits per heavy atom. The van der Waals surface area contributed by atoms with E-state index in [-0.39, 0.29) is 22.8 Å². The number of phenols is 4. The van der Waals surface area contributed by atoms with Gasteiger partial charge in [-0.15, -0.1) is 5.10 Å². The number of aryl methyl sites for hydroxylation is 2. The molecule has 10 nitrogen and oxygen atoms in total. The number of hydrogen-bond donors (Lipinski definition) is 4. The SMILES string of the molecule is O=[N+]([O-])c1cc(-c2cn(CCc3ccc(O)c(O)c3)nn2)cc(O)c1O. The summed E-state index contributed by atoms with van der Waals surface area (Å²) in [7, 11) is 0. The van der Waals surface area contributed by atoms with Crippen LogP contribution in [0.3, 0.4) is 0 Å². The summed E-state index contributed by atoms with van der Waals surface area (Å²) in [6.07, 6.45) is 2.04. The lowest BCUT2D eigenvalue weighted by molar-refractivity contribution is -0.385. The van der Waals surface area contributed by atoms with Gasteiger partial charge in [-0.2, -0.15) is 0 Å². The normalized spacial score (nSPS) is 10.8. The van der Waals surface area contributed by atoms with Gasteiger partial charge in [-0.25, -0.2) is 0 Å². The van der Waals surface area contributed by atoms with E-state index < -0.39 is 22.1 Å². The maximum atomic E-state index is 10.9. The van der Waals surface area contributed by atoms with E-state index in [0.717, 1.165) is 17.7 Å². The van der Waals surface area contributed by atoms with Crippen molar-refractivity contribution in [2.45, 2.75) is 13.0 Å². The molecule has 0 aliphatic carbocycles. The molecule has 2 aromatic carbocycles. The van der Waals surface area contributed by atoms with E-state index in [1.165, 1.54) is 23.0 Å². The maximum absolute atomic E-state index is 10.9. The molecule has 0 atom stereocenters. The highest BCUT2D eigenvalue weighted by Gasteiger charge is 2.20. The van der Waals surface area contributed by atoms with Crippen LogP contribution in [-0.4, -0.2) is 40.3 Å². The highest BCUT2D eigenvalue weighted by atomic mass is 16.6. The van der Waals surface area contributed by atoms with Crippen LogP contribution < -0.4 is 0 Å². The van der Waals surface area contributed by atoms with Crippen LogP contribution in [-0.2, 0) is 13.0 Å². The van der Waals surface area contributed by atoms with Crippen LogP contribution in [0.2, 0.25) is 0 Å². The Morgan fingerprint density at radius 2 is 1.81 bits per heavy atom. The summed E-state index contributed by atoms with van der Waals surface area (Å²) in [6.45, 7) is 0.406. The smallest absolute Gasteiger partial charge is 0.315 e. The molecule has 0 radical (unpaired) electrons. The second-order valence-corrected chi connectivity index (χ2v) is 5.56. The summed E-state index contributed by atoms with van der Waals surface area (Å²) in [5, 5.41) is 56.7. The zero-order chi connectivity index (χ0) is 18.8. The van der Waals surface area contributed by atoms with E-state index in [0.29, 0.717) is 13.0 Å². The van der Waals surface area contributed by atoms with Gasteiger partial charge >= 0.3 is 5.69 Å². The third-order valence-corrected chi connectivity index (χ3v) is 3.77. The Bertz CT molecular complexity index is 985. The summed E-state index contributed by atoms with van der Waals surface area (Å²) < 4.78 is 1.50. The first-order chi connectivity index (χ1) is 12.3. The van der Waals surface area contributed by atoms with Crippen molar-refractivity contribution in [3.05, 3.63) is 52.2 Å². The number of nitro benzene ring substituents is 1. The van der Waals surface area contributed by atoms with Gasteiger partial charge in [-0.1, -0.05) is 11.3 Å². The molecule has 3 rings (SSSR count). The fourth-order valence-electron chi connectivity index (χ4n) is 2.40. The number of hydrogen-bond acceptors (Lipinski definition) is 8. The van der Waals surface area contributed by atoms with Crippen LogP contribution in [0.5, 0.6) is 23.0 Å². The molecular formula is C16H14N4O6. The topological polar surface area (TPSA) is 155 Å². The molecule has 10 heteroatoms. The minimum absolute atomic E-state index is 0.203. The number of nitrogens with zero attached hydrogens (tertiary/aromatic N) is 4. The molecule has 0 bridgehead atoms. The minimum atomic E-state index is -0.807. The van der Waals surface area contributed by atoms with E-state index in [1.54, 1.807) is 6.07 Å². The predicted molar refractivity (Wildman–Crippen MR) is 88.9 cm³/mol. The summed E-state index contributed by atoms with van der Waals surface area (Å²) in [6, 6.07) is 6.74. The maximum Gasteiger partial charge on any atom is 0.315 e. The molecule has 0 saturated carbocycles. The predicted octanol–water partition coefficient (Wildman–Crippen LogP) is 1.92. The molecule has 3 aromatic rings. The van der Waals surface area contributed by atoms with Crippen LogP contribution in [0.4, 0.5) is 5.69 Å². The Morgan fingerprint density at radius 3 is 2.50 bits per heavy atom. The number of rotatable bonds is 5. The lowest BCUT2D eigenvalue weighted by atomic mass is 10.1. The molecule has 0 fully saturated rings. The molecule has 4 N–H and O–H groups in total. The van der Waals surface area contributed by atoms with Gasteiger partial charge in [0, 0.05) is 18.2 Å². The van der Waals surface area contributed by atoms with E-state index in [1.807, 2.05) is 0 Å². The standard InChI is InChI=1S/C16H14N4O6/c21-13-2-1-9(5-14(13)22)3-4-19-8-11(17-18-19)10-6-12(20(25)26)16(24)15(23)7-10/h1-2,5-8,21-24H,3-4H2. The van der Waals surface area contributed by atoms with Crippen molar-refractivity contribution >= 4 is 5.69 Å². The van der Waals surface area contributed by atoms with Crippen LogP contribution in [0.15, 0.2) is 36.5 Å². The molecule has 0 saturated heterocycles. The molecular weight excluding hydrogens is 344 g/mol. The third-order valence-electron chi connectivity index (χ3n) is 3.77. The Balaban J connectivity index is 1.79. The molecule has 0 unspecified atom stereocenters. The quantitative estimate of drug-likeness (QED) is 0.306. The van der Waals surface area contributed by atoms with Gasteiger partial charge in [0.1, 0.15) is 5.69 Å². The highest BCUT2D eigenvalue weighted by Crippen LogP contribution is 2.38. The monoisotopic (exact) mass is 358 g/mol. The second kappa shape index (κ2) is 6.59. The van der Waals surface area contributed by atoms with Crippen molar-refractivity contribution in [1.29, 1.82) is 0 Å². The molecule has 0 spiro atoms. The molecule has 0 aliphatic rings. The van der Waals surface area contributed by atoms with Gasteiger partial charge in [-0.3, -0.25) is 14.8 Å². The molecule has 134 valence electrons. The van der Waals surface area contributed by atoms with E-state index >= 15 is 0 Å². The zero-order valence-electron chi connectivity index (χ0n) is 13.3. The van der Waals surface area contributed by atoms with E-state index in [2.05, 4.69) is 10.3 Å². The first kappa shape index (κ1) is 17.0. The zero-order valence-corrected chi connectivity index (χ0v) is 13.3. The summed E-state index contributed by atoms with van der Waals surface area (Å²) in [4.78, 5) is 10.1. The fourth-order valence-corrected chi connectivity index (χ4v) is 2.40. The van der Waals surface area contributed by atoms with E-state index in [4.69, 9.17) is 0 Å². The van der Waals surface area contributed by atoms with E-state index in [9.17, 15) is 30.5 Å².